The summed E-state index contributed by atoms with van der Waals surface area (Å²) in [7, 11) is 0. The Labute approximate surface area is 103 Å². The largest absolute Gasteiger partial charge is 0.337 e. The van der Waals surface area contributed by atoms with Crippen molar-refractivity contribution in [2.75, 3.05) is 12.0 Å². The normalized spacial score (nSPS) is 12.6. The van der Waals surface area contributed by atoms with Crippen molar-refractivity contribution < 1.29 is 4.52 Å². The topological polar surface area (TPSA) is 90.7 Å². The van der Waals surface area contributed by atoms with Crippen LogP contribution < -0.4 is 5.73 Å². The minimum absolute atomic E-state index is 0.229. The van der Waals surface area contributed by atoms with Crippen LogP contribution in [0.4, 0.5) is 0 Å². The zero-order chi connectivity index (χ0) is 12.1. The fourth-order valence-corrected chi connectivity index (χ4v) is 1.75. The Balaban J connectivity index is 2.11. The number of hydrogen-bond donors (Lipinski definition) is 1. The highest BCUT2D eigenvalue weighted by molar-refractivity contribution is 7.98. The molecule has 0 saturated carbocycles. The molecule has 2 aromatic rings. The summed E-state index contributed by atoms with van der Waals surface area (Å²) in [4.78, 5) is 12.3. The van der Waals surface area contributed by atoms with Crippen LogP contribution in [0.3, 0.4) is 0 Å². The highest BCUT2D eigenvalue weighted by Crippen LogP contribution is 2.17. The summed E-state index contributed by atoms with van der Waals surface area (Å²) in [6.07, 6.45) is 6.10. The van der Waals surface area contributed by atoms with Crippen LogP contribution in [0.15, 0.2) is 23.0 Å². The third-order valence-electron chi connectivity index (χ3n) is 2.16. The molecule has 0 fully saturated rings. The molecule has 0 saturated heterocycles. The van der Waals surface area contributed by atoms with E-state index in [2.05, 4.69) is 20.1 Å². The van der Waals surface area contributed by atoms with E-state index in [9.17, 15) is 0 Å². The number of rotatable bonds is 5. The third-order valence-corrected chi connectivity index (χ3v) is 2.80. The van der Waals surface area contributed by atoms with Crippen LogP contribution in [0.25, 0.3) is 11.6 Å². The number of aromatic nitrogens is 4. The van der Waals surface area contributed by atoms with E-state index in [0.717, 1.165) is 12.2 Å². The standard InChI is InChI=1S/C10H13N5OS/c1-17-6-3-7(11)10-14-9(15-16-10)8-12-4-2-5-13-8/h2,4-5,7H,3,6,11H2,1H3/t7-/m0/s1. The van der Waals surface area contributed by atoms with E-state index in [-0.39, 0.29) is 6.04 Å². The summed E-state index contributed by atoms with van der Waals surface area (Å²) in [6.45, 7) is 0. The highest BCUT2D eigenvalue weighted by Gasteiger charge is 2.16. The second-order valence-electron chi connectivity index (χ2n) is 3.42. The lowest BCUT2D eigenvalue weighted by molar-refractivity contribution is 0.353. The molecule has 0 aromatic carbocycles. The van der Waals surface area contributed by atoms with Crippen LogP contribution >= 0.6 is 11.8 Å². The van der Waals surface area contributed by atoms with Gasteiger partial charge in [0.1, 0.15) is 0 Å². The van der Waals surface area contributed by atoms with Crippen LogP contribution in [0, 0.1) is 0 Å². The van der Waals surface area contributed by atoms with Gasteiger partial charge in [0, 0.05) is 12.4 Å². The number of nitrogens with zero attached hydrogens (tertiary/aromatic N) is 4. The molecule has 0 aliphatic rings. The summed E-state index contributed by atoms with van der Waals surface area (Å²) in [5.74, 6) is 2.21. The molecule has 2 aromatic heterocycles. The zero-order valence-corrected chi connectivity index (χ0v) is 10.2. The predicted octanol–water partition coefficient (Wildman–Crippen LogP) is 1.28. The van der Waals surface area contributed by atoms with Gasteiger partial charge < -0.3 is 10.3 Å². The molecule has 0 spiro atoms. The smallest absolute Gasteiger partial charge is 0.244 e. The van der Waals surface area contributed by atoms with Gasteiger partial charge in [-0.25, -0.2) is 9.97 Å². The molecule has 7 heteroatoms. The van der Waals surface area contributed by atoms with Gasteiger partial charge in [-0.1, -0.05) is 5.16 Å². The fraction of sp³-hybridized carbons (Fsp3) is 0.400. The van der Waals surface area contributed by atoms with E-state index in [1.165, 1.54) is 0 Å². The van der Waals surface area contributed by atoms with Crippen molar-refractivity contribution in [3.05, 3.63) is 24.4 Å². The van der Waals surface area contributed by atoms with Gasteiger partial charge in [-0.15, -0.1) is 0 Å². The molecular formula is C10H13N5OS. The molecule has 0 aliphatic carbocycles. The fourth-order valence-electron chi connectivity index (χ4n) is 1.26. The lowest BCUT2D eigenvalue weighted by Crippen LogP contribution is -2.11. The maximum Gasteiger partial charge on any atom is 0.244 e. The predicted molar refractivity (Wildman–Crippen MR) is 65.3 cm³/mol. The molecule has 6 nitrogen and oxygen atoms in total. The SMILES string of the molecule is CSCC[C@H](N)c1nc(-c2ncccn2)no1. The number of thioether (sulfide) groups is 1. The van der Waals surface area contributed by atoms with Crippen molar-refractivity contribution in [3.8, 4) is 11.6 Å². The molecule has 0 radical (unpaired) electrons. The molecule has 2 heterocycles. The van der Waals surface area contributed by atoms with Crippen molar-refractivity contribution in [1.82, 2.24) is 20.1 Å². The second kappa shape index (κ2) is 5.74. The maximum absolute atomic E-state index is 5.92. The molecule has 0 bridgehead atoms. The Bertz CT molecular complexity index is 461. The van der Waals surface area contributed by atoms with Crippen molar-refractivity contribution in [2.24, 2.45) is 5.73 Å². The molecule has 17 heavy (non-hydrogen) atoms. The minimum Gasteiger partial charge on any atom is -0.337 e. The van der Waals surface area contributed by atoms with Gasteiger partial charge in [0.2, 0.25) is 17.5 Å². The van der Waals surface area contributed by atoms with Crippen molar-refractivity contribution in [2.45, 2.75) is 12.5 Å². The van der Waals surface area contributed by atoms with Gasteiger partial charge in [0.25, 0.3) is 0 Å². The molecule has 0 aliphatic heterocycles. The molecule has 0 amide bonds. The van der Waals surface area contributed by atoms with Crippen molar-refractivity contribution in [1.29, 1.82) is 0 Å². The Kier molecular flexibility index (Phi) is 4.05. The maximum atomic E-state index is 5.92. The summed E-state index contributed by atoms with van der Waals surface area (Å²) in [5.41, 5.74) is 5.92. The van der Waals surface area contributed by atoms with E-state index in [1.54, 1.807) is 30.2 Å². The first kappa shape index (κ1) is 12.0. The lowest BCUT2D eigenvalue weighted by Gasteiger charge is -2.03. The quantitative estimate of drug-likeness (QED) is 0.855. The Morgan fingerprint density at radius 3 is 2.82 bits per heavy atom. The first-order valence-electron chi connectivity index (χ1n) is 5.16. The van der Waals surface area contributed by atoms with Gasteiger partial charge >= 0.3 is 0 Å². The first-order valence-corrected chi connectivity index (χ1v) is 6.56. The van der Waals surface area contributed by atoms with E-state index < -0.39 is 0 Å². The zero-order valence-electron chi connectivity index (χ0n) is 9.41. The Morgan fingerprint density at radius 1 is 1.35 bits per heavy atom. The van der Waals surface area contributed by atoms with Gasteiger partial charge in [-0.3, -0.25) is 0 Å². The average molecular weight is 251 g/mol. The average Bonchev–Trinajstić information content (AvgIpc) is 2.86. The minimum atomic E-state index is -0.229. The van der Waals surface area contributed by atoms with Crippen molar-refractivity contribution >= 4 is 11.8 Å². The molecular weight excluding hydrogens is 238 g/mol. The van der Waals surface area contributed by atoms with Gasteiger partial charge in [0.05, 0.1) is 6.04 Å². The highest BCUT2D eigenvalue weighted by atomic mass is 32.2. The van der Waals surface area contributed by atoms with Crippen LogP contribution in [-0.2, 0) is 0 Å². The van der Waals surface area contributed by atoms with E-state index in [0.29, 0.717) is 17.5 Å². The van der Waals surface area contributed by atoms with Crippen LogP contribution in [-0.4, -0.2) is 32.1 Å². The van der Waals surface area contributed by atoms with Crippen LogP contribution in [0.1, 0.15) is 18.4 Å². The monoisotopic (exact) mass is 251 g/mol. The third kappa shape index (κ3) is 3.01. The molecule has 0 unspecified atom stereocenters. The van der Waals surface area contributed by atoms with Crippen LogP contribution in [0.5, 0.6) is 0 Å². The summed E-state index contributed by atoms with van der Waals surface area (Å²) < 4.78 is 5.10. The number of nitrogens with two attached hydrogens (primary N) is 1. The molecule has 2 rings (SSSR count). The first-order chi connectivity index (χ1) is 8.31. The Hall–Kier alpha value is -1.47. The van der Waals surface area contributed by atoms with E-state index in [4.69, 9.17) is 10.3 Å². The molecule has 2 N–H and O–H groups in total. The van der Waals surface area contributed by atoms with Crippen molar-refractivity contribution in [3.63, 3.8) is 0 Å². The molecule has 90 valence electrons. The summed E-state index contributed by atoms with van der Waals surface area (Å²) >= 11 is 1.73. The van der Waals surface area contributed by atoms with Gasteiger partial charge in [-0.2, -0.15) is 16.7 Å². The van der Waals surface area contributed by atoms with E-state index in [1.807, 2.05) is 6.26 Å². The van der Waals surface area contributed by atoms with Crippen LogP contribution in [0.2, 0.25) is 0 Å². The van der Waals surface area contributed by atoms with Gasteiger partial charge in [-0.05, 0) is 24.5 Å². The summed E-state index contributed by atoms with van der Waals surface area (Å²) in [6, 6.07) is 1.50. The second-order valence-corrected chi connectivity index (χ2v) is 4.40. The van der Waals surface area contributed by atoms with Gasteiger partial charge in [0.15, 0.2) is 0 Å². The van der Waals surface area contributed by atoms with E-state index >= 15 is 0 Å². The molecule has 1 atom stereocenters. The lowest BCUT2D eigenvalue weighted by atomic mass is 10.2. The Morgan fingerprint density at radius 2 is 2.12 bits per heavy atom. The summed E-state index contributed by atoms with van der Waals surface area (Å²) in [5, 5.41) is 3.82. The number of hydrogen-bond acceptors (Lipinski definition) is 7.